The van der Waals surface area contributed by atoms with E-state index in [4.69, 9.17) is 4.42 Å². The van der Waals surface area contributed by atoms with Crippen LogP contribution in [-0.2, 0) is 4.79 Å². The van der Waals surface area contributed by atoms with Crippen LogP contribution in [0.15, 0.2) is 28.7 Å². The topological polar surface area (TPSA) is 96.5 Å². The predicted octanol–water partition coefficient (Wildman–Crippen LogP) is 2.12. The van der Waals surface area contributed by atoms with Crippen LogP contribution in [-0.4, -0.2) is 44.7 Å². The van der Waals surface area contributed by atoms with Gasteiger partial charge in [0.1, 0.15) is 6.04 Å². The van der Waals surface area contributed by atoms with E-state index in [1.54, 1.807) is 31.2 Å². The van der Waals surface area contributed by atoms with Gasteiger partial charge in [-0.15, -0.1) is 10.2 Å². The second-order valence-corrected chi connectivity index (χ2v) is 5.55. The monoisotopic (exact) mass is 315 g/mol. The summed E-state index contributed by atoms with van der Waals surface area (Å²) in [7, 11) is 0. The van der Waals surface area contributed by atoms with E-state index < -0.39 is 12.0 Å². The Morgan fingerprint density at radius 3 is 2.57 bits per heavy atom. The predicted molar refractivity (Wildman–Crippen MR) is 80.8 cm³/mol. The number of aromatic nitrogens is 2. The van der Waals surface area contributed by atoms with E-state index in [2.05, 4.69) is 10.2 Å². The second kappa shape index (κ2) is 6.20. The van der Waals surface area contributed by atoms with E-state index in [1.807, 2.05) is 0 Å². The van der Waals surface area contributed by atoms with E-state index in [9.17, 15) is 14.7 Å². The minimum absolute atomic E-state index is 0.259. The average Bonchev–Trinajstić information content (AvgIpc) is 3.01. The first-order chi connectivity index (χ1) is 11.1. The first-order valence-corrected chi connectivity index (χ1v) is 7.50. The van der Waals surface area contributed by atoms with Crippen molar-refractivity contribution in [1.29, 1.82) is 0 Å². The van der Waals surface area contributed by atoms with Gasteiger partial charge in [0.25, 0.3) is 5.91 Å². The number of carbonyl (C=O) groups is 2. The smallest absolute Gasteiger partial charge is 0.326 e. The number of carbonyl (C=O) groups excluding carboxylic acids is 1. The molecular formula is C16H17N3O4. The zero-order valence-electron chi connectivity index (χ0n) is 12.7. The molecule has 1 aromatic carbocycles. The molecule has 0 spiro atoms. The maximum absolute atomic E-state index is 12.6. The number of amides is 1. The van der Waals surface area contributed by atoms with Gasteiger partial charge in [-0.2, -0.15) is 0 Å². The molecule has 1 aromatic heterocycles. The van der Waals surface area contributed by atoms with Crippen molar-refractivity contribution in [3.63, 3.8) is 0 Å². The number of benzene rings is 1. The quantitative estimate of drug-likeness (QED) is 0.932. The molecule has 1 saturated heterocycles. The molecule has 2 aromatic rings. The van der Waals surface area contributed by atoms with E-state index in [0.29, 0.717) is 30.3 Å². The molecule has 0 saturated carbocycles. The number of piperidine rings is 1. The van der Waals surface area contributed by atoms with Crippen LogP contribution < -0.4 is 0 Å². The van der Waals surface area contributed by atoms with Gasteiger partial charge in [-0.05, 0) is 43.5 Å². The Morgan fingerprint density at radius 2 is 1.96 bits per heavy atom. The van der Waals surface area contributed by atoms with Gasteiger partial charge >= 0.3 is 5.97 Å². The number of hydrogen-bond acceptors (Lipinski definition) is 5. The van der Waals surface area contributed by atoms with Crippen molar-refractivity contribution in [1.82, 2.24) is 15.1 Å². The van der Waals surface area contributed by atoms with Crippen LogP contribution in [0.1, 0.15) is 35.5 Å². The van der Waals surface area contributed by atoms with Crippen LogP contribution in [0.25, 0.3) is 11.5 Å². The van der Waals surface area contributed by atoms with Crippen LogP contribution in [0, 0.1) is 6.92 Å². The van der Waals surface area contributed by atoms with Crippen molar-refractivity contribution in [2.45, 2.75) is 32.2 Å². The summed E-state index contributed by atoms with van der Waals surface area (Å²) in [4.78, 5) is 25.3. The first kappa shape index (κ1) is 15.2. The molecule has 2 heterocycles. The number of nitrogens with zero attached hydrogens (tertiary/aromatic N) is 3. The van der Waals surface area contributed by atoms with Crippen molar-refractivity contribution in [2.75, 3.05) is 6.54 Å². The molecule has 7 nitrogen and oxygen atoms in total. The van der Waals surface area contributed by atoms with Gasteiger partial charge in [-0.3, -0.25) is 4.79 Å². The van der Waals surface area contributed by atoms with Crippen molar-refractivity contribution in [2.24, 2.45) is 0 Å². The summed E-state index contributed by atoms with van der Waals surface area (Å²) in [5.74, 6) is -0.345. The molecule has 23 heavy (non-hydrogen) atoms. The maximum Gasteiger partial charge on any atom is 0.326 e. The van der Waals surface area contributed by atoms with Gasteiger partial charge in [0.15, 0.2) is 0 Å². The normalized spacial score (nSPS) is 18.0. The van der Waals surface area contributed by atoms with Crippen LogP contribution >= 0.6 is 0 Å². The van der Waals surface area contributed by atoms with Crippen LogP contribution in [0.5, 0.6) is 0 Å². The van der Waals surface area contributed by atoms with Crippen LogP contribution in [0.2, 0.25) is 0 Å². The molecule has 0 radical (unpaired) electrons. The minimum Gasteiger partial charge on any atom is -0.480 e. The van der Waals surface area contributed by atoms with Gasteiger partial charge in [0.05, 0.1) is 0 Å². The summed E-state index contributed by atoms with van der Waals surface area (Å²) in [6.45, 7) is 2.18. The Kier molecular flexibility index (Phi) is 4.10. The van der Waals surface area contributed by atoms with Crippen LogP contribution in [0.3, 0.4) is 0 Å². The Hall–Kier alpha value is -2.70. The third kappa shape index (κ3) is 3.08. The minimum atomic E-state index is -0.948. The number of likely N-dealkylation sites (tertiary alicyclic amines) is 1. The lowest BCUT2D eigenvalue weighted by molar-refractivity contribution is -0.143. The Morgan fingerprint density at radius 1 is 1.22 bits per heavy atom. The largest absolute Gasteiger partial charge is 0.480 e. The van der Waals surface area contributed by atoms with Gasteiger partial charge in [-0.25, -0.2) is 4.79 Å². The standard InChI is InChI=1S/C16H17N3O4/c1-10-17-18-14(23-10)11-5-7-12(8-6-11)15(20)19-9-3-2-4-13(19)16(21)22/h5-8,13H,2-4,9H2,1H3,(H,21,22). The van der Waals surface area contributed by atoms with Crippen molar-refractivity contribution in [3.05, 3.63) is 35.7 Å². The summed E-state index contributed by atoms with van der Waals surface area (Å²) in [6, 6.07) is 6.02. The van der Waals surface area contributed by atoms with Gasteiger partial charge in [0.2, 0.25) is 11.8 Å². The van der Waals surface area contributed by atoms with Crippen molar-refractivity contribution < 1.29 is 19.1 Å². The first-order valence-electron chi connectivity index (χ1n) is 7.50. The molecule has 7 heteroatoms. The maximum atomic E-state index is 12.6. The molecule has 1 unspecified atom stereocenters. The van der Waals surface area contributed by atoms with E-state index in [1.165, 1.54) is 4.90 Å². The highest BCUT2D eigenvalue weighted by molar-refractivity contribution is 5.97. The third-order valence-corrected chi connectivity index (χ3v) is 3.95. The van der Waals surface area contributed by atoms with E-state index in [0.717, 1.165) is 18.4 Å². The summed E-state index contributed by atoms with van der Waals surface area (Å²) in [5, 5.41) is 17.0. The highest BCUT2D eigenvalue weighted by Gasteiger charge is 2.32. The summed E-state index contributed by atoms with van der Waals surface area (Å²) >= 11 is 0. The number of aryl methyl sites for hydroxylation is 1. The lowest BCUT2D eigenvalue weighted by Crippen LogP contribution is -2.47. The number of carboxylic acids is 1. The number of aliphatic carboxylic acids is 1. The molecule has 1 atom stereocenters. The number of rotatable bonds is 3. The molecular weight excluding hydrogens is 298 g/mol. The zero-order chi connectivity index (χ0) is 16.4. The molecule has 1 N–H and O–H groups in total. The molecule has 1 aliphatic heterocycles. The fraction of sp³-hybridized carbons (Fsp3) is 0.375. The fourth-order valence-corrected chi connectivity index (χ4v) is 2.77. The highest BCUT2D eigenvalue weighted by atomic mass is 16.4. The molecule has 1 fully saturated rings. The van der Waals surface area contributed by atoms with Crippen LogP contribution in [0.4, 0.5) is 0 Å². The van der Waals surface area contributed by atoms with Gasteiger partial charge < -0.3 is 14.4 Å². The number of hydrogen-bond donors (Lipinski definition) is 1. The zero-order valence-corrected chi connectivity index (χ0v) is 12.7. The summed E-state index contributed by atoms with van der Waals surface area (Å²) in [5.41, 5.74) is 1.17. The van der Waals surface area contributed by atoms with Crippen molar-refractivity contribution >= 4 is 11.9 Å². The molecule has 1 amide bonds. The SMILES string of the molecule is Cc1nnc(-c2ccc(C(=O)N3CCCCC3C(=O)O)cc2)o1. The molecule has 120 valence electrons. The lowest BCUT2D eigenvalue weighted by atomic mass is 10.0. The molecule has 1 aliphatic rings. The fourth-order valence-electron chi connectivity index (χ4n) is 2.77. The Bertz CT molecular complexity index is 723. The molecule has 0 bridgehead atoms. The summed E-state index contributed by atoms with van der Waals surface area (Å²) in [6.07, 6.45) is 2.16. The number of carboxylic acid groups (broad SMARTS) is 1. The molecule has 0 aliphatic carbocycles. The Labute approximate surface area is 132 Å². The third-order valence-electron chi connectivity index (χ3n) is 3.95. The van der Waals surface area contributed by atoms with E-state index in [-0.39, 0.29) is 5.91 Å². The highest BCUT2D eigenvalue weighted by Crippen LogP contribution is 2.22. The second-order valence-electron chi connectivity index (χ2n) is 5.55. The Balaban J connectivity index is 1.80. The lowest BCUT2D eigenvalue weighted by Gasteiger charge is -2.33. The average molecular weight is 315 g/mol. The van der Waals surface area contributed by atoms with Gasteiger partial charge in [-0.1, -0.05) is 0 Å². The van der Waals surface area contributed by atoms with E-state index >= 15 is 0 Å². The molecule has 3 rings (SSSR count). The van der Waals surface area contributed by atoms with Gasteiger partial charge in [0, 0.05) is 24.6 Å². The summed E-state index contributed by atoms with van der Waals surface area (Å²) < 4.78 is 5.34. The van der Waals surface area contributed by atoms with Crippen molar-refractivity contribution in [3.8, 4) is 11.5 Å².